The molecule has 0 bridgehead atoms. The molecule has 0 aromatic carbocycles. The summed E-state index contributed by atoms with van der Waals surface area (Å²) in [5.41, 5.74) is 0.292. The lowest BCUT2D eigenvalue weighted by molar-refractivity contribution is 0.121. The average Bonchev–Trinajstić information content (AvgIpc) is 3.02. The summed E-state index contributed by atoms with van der Waals surface area (Å²) >= 11 is 0. The van der Waals surface area contributed by atoms with Gasteiger partial charge in [0.15, 0.2) is 0 Å². The maximum absolute atomic E-state index is 4.43. The fourth-order valence-corrected chi connectivity index (χ4v) is 4.12. The van der Waals surface area contributed by atoms with E-state index in [0.717, 1.165) is 18.9 Å². The largest absolute Gasteiger partial charge is 0.303 e. The Morgan fingerprint density at radius 1 is 1.09 bits per heavy atom. The Hall–Kier alpha value is -0.940. The second-order valence-corrected chi connectivity index (χ2v) is 7.02. The van der Waals surface area contributed by atoms with Crippen LogP contribution in [0.15, 0.2) is 6.33 Å². The number of piperidine rings is 1. The Balaban J connectivity index is 1.63. The molecule has 1 aromatic rings. The summed E-state index contributed by atoms with van der Waals surface area (Å²) in [4.78, 5) is 7.11. The first kappa shape index (κ1) is 15.9. The van der Waals surface area contributed by atoms with Crippen molar-refractivity contribution >= 4 is 0 Å². The molecule has 5 nitrogen and oxygen atoms in total. The highest BCUT2D eigenvalue weighted by Crippen LogP contribution is 2.30. The van der Waals surface area contributed by atoms with Crippen LogP contribution in [0.25, 0.3) is 0 Å². The first-order chi connectivity index (χ1) is 10.8. The van der Waals surface area contributed by atoms with Gasteiger partial charge in [-0.15, -0.1) is 0 Å². The van der Waals surface area contributed by atoms with Gasteiger partial charge in [0, 0.05) is 18.6 Å². The minimum atomic E-state index is 0.292. The van der Waals surface area contributed by atoms with Crippen molar-refractivity contribution in [2.75, 3.05) is 19.6 Å². The lowest BCUT2D eigenvalue weighted by Crippen LogP contribution is -2.55. The number of hydrogen-bond acceptors (Lipinski definition) is 4. The lowest BCUT2D eigenvalue weighted by atomic mass is 9.80. The van der Waals surface area contributed by atoms with E-state index in [-0.39, 0.29) is 0 Å². The van der Waals surface area contributed by atoms with E-state index in [1.54, 1.807) is 6.33 Å². The maximum atomic E-state index is 4.43. The highest BCUT2D eigenvalue weighted by molar-refractivity contribution is 4.96. The van der Waals surface area contributed by atoms with Crippen LogP contribution >= 0.6 is 0 Å². The molecule has 1 aliphatic heterocycles. The zero-order valence-electron chi connectivity index (χ0n) is 14.1. The molecule has 124 valence electrons. The van der Waals surface area contributed by atoms with Gasteiger partial charge < -0.3 is 10.2 Å². The minimum Gasteiger partial charge on any atom is -0.303 e. The van der Waals surface area contributed by atoms with Crippen molar-refractivity contribution in [3.05, 3.63) is 12.2 Å². The first-order valence-corrected chi connectivity index (χ1v) is 9.15. The van der Waals surface area contributed by atoms with Crippen LogP contribution in [-0.2, 0) is 13.1 Å². The third-order valence-corrected chi connectivity index (χ3v) is 5.40. The number of aromatic nitrogens is 3. The second-order valence-electron chi connectivity index (χ2n) is 7.02. The Labute approximate surface area is 134 Å². The highest BCUT2D eigenvalue weighted by Gasteiger charge is 2.34. The molecule has 3 rings (SSSR count). The van der Waals surface area contributed by atoms with Crippen LogP contribution in [0.4, 0.5) is 0 Å². The second kappa shape index (κ2) is 7.55. The SMILES string of the molecule is CCn1ncnc1CNC1(CN2CCCCC2)CCCCC1. The number of hydrogen-bond donors (Lipinski definition) is 1. The van der Waals surface area contributed by atoms with E-state index in [1.165, 1.54) is 71.0 Å². The van der Waals surface area contributed by atoms with Crippen LogP contribution in [0.2, 0.25) is 0 Å². The van der Waals surface area contributed by atoms with Crippen LogP contribution in [-0.4, -0.2) is 44.8 Å². The van der Waals surface area contributed by atoms with Gasteiger partial charge in [0.05, 0.1) is 6.54 Å². The maximum Gasteiger partial charge on any atom is 0.140 e. The molecule has 2 heterocycles. The summed E-state index contributed by atoms with van der Waals surface area (Å²) in [6, 6.07) is 0. The van der Waals surface area contributed by atoms with Crippen molar-refractivity contribution in [2.24, 2.45) is 0 Å². The summed E-state index contributed by atoms with van der Waals surface area (Å²) in [6.07, 6.45) is 12.6. The van der Waals surface area contributed by atoms with E-state index in [0.29, 0.717) is 5.54 Å². The summed E-state index contributed by atoms with van der Waals surface area (Å²) < 4.78 is 2.00. The lowest BCUT2D eigenvalue weighted by Gasteiger charge is -2.43. The van der Waals surface area contributed by atoms with E-state index in [9.17, 15) is 0 Å². The van der Waals surface area contributed by atoms with Gasteiger partial charge in [0.2, 0.25) is 0 Å². The van der Waals surface area contributed by atoms with Crippen LogP contribution in [0.1, 0.15) is 64.1 Å². The molecule has 2 aliphatic rings. The van der Waals surface area contributed by atoms with Crippen LogP contribution in [0.5, 0.6) is 0 Å². The normalized spacial score (nSPS) is 22.8. The van der Waals surface area contributed by atoms with Gasteiger partial charge >= 0.3 is 0 Å². The molecule has 0 spiro atoms. The van der Waals surface area contributed by atoms with Crippen molar-refractivity contribution in [1.29, 1.82) is 0 Å². The van der Waals surface area contributed by atoms with Crippen molar-refractivity contribution in [1.82, 2.24) is 25.0 Å². The van der Waals surface area contributed by atoms with Gasteiger partial charge in [0.25, 0.3) is 0 Å². The fraction of sp³-hybridized carbons (Fsp3) is 0.882. The van der Waals surface area contributed by atoms with E-state index in [2.05, 4.69) is 27.2 Å². The molecule has 0 radical (unpaired) electrons. The molecule has 1 saturated carbocycles. The number of nitrogens with zero attached hydrogens (tertiary/aromatic N) is 4. The van der Waals surface area contributed by atoms with E-state index in [4.69, 9.17) is 0 Å². The molecule has 5 heteroatoms. The molecule has 0 atom stereocenters. The zero-order chi connectivity index (χ0) is 15.3. The van der Waals surface area contributed by atoms with Crippen molar-refractivity contribution in [3.63, 3.8) is 0 Å². The molecular formula is C17H31N5. The van der Waals surface area contributed by atoms with Gasteiger partial charge in [-0.25, -0.2) is 9.67 Å². The number of rotatable bonds is 6. The third-order valence-electron chi connectivity index (χ3n) is 5.40. The van der Waals surface area contributed by atoms with E-state index < -0.39 is 0 Å². The Morgan fingerprint density at radius 3 is 2.55 bits per heavy atom. The number of likely N-dealkylation sites (tertiary alicyclic amines) is 1. The first-order valence-electron chi connectivity index (χ1n) is 9.15. The molecule has 2 fully saturated rings. The van der Waals surface area contributed by atoms with Gasteiger partial charge in [-0.3, -0.25) is 0 Å². The number of aryl methyl sites for hydroxylation is 1. The molecule has 1 aliphatic carbocycles. The van der Waals surface area contributed by atoms with Crippen molar-refractivity contribution < 1.29 is 0 Å². The zero-order valence-corrected chi connectivity index (χ0v) is 14.1. The minimum absolute atomic E-state index is 0.292. The Kier molecular flexibility index (Phi) is 5.47. The predicted octanol–water partition coefficient (Wildman–Crippen LogP) is 2.58. The van der Waals surface area contributed by atoms with Gasteiger partial charge in [0.1, 0.15) is 12.2 Å². The van der Waals surface area contributed by atoms with E-state index >= 15 is 0 Å². The monoisotopic (exact) mass is 305 g/mol. The van der Waals surface area contributed by atoms with Gasteiger partial charge in [-0.2, -0.15) is 5.10 Å². The molecule has 1 saturated heterocycles. The summed E-state index contributed by atoms with van der Waals surface area (Å²) in [5, 5.41) is 8.19. The third kappa shape index (κ3) is 3.87. The molecule has 22 heavy (non-hydrogen) atoms. The standard InChI is InChI=1S/C17H31N5/c1-2-22-16(18-15-20-22)13-19-17(9-5-3-6-10-17)14-21-11-7-4-8-12-21/h15,19H,2-14H2,1H3. The fourth-order valence-electron chi connectivity index (χ4n) is 4.12. The average molecular weight is 305 g/mol. The summed E-state index contributed by atoms with van der Waals surface area (Å²) in [5.74, 6) is 1.08. The smallest absolute Gasteiger partial charge is 0.140 e. The van der Waals surface area contributed by atoms with E-state index in [1.807, 2.05) is 4.68 Å². The molecule has 0 unspecified atom stereocenters. The van der Waals surface area contributed by atoms with Gasteiger partial charge in [-0.05, 0) is 45.7 Å². The van der Waals surface area contributed by atoms with Crippen molar-refractivity contribution in [3.8, 4) is 0 Å². The topological polar surface area (TPSA) is 46.0 Å². The summed E-state index contributed by atoms with van der Waals surface area (Å²) in [7, 11) is 0. The van der Waals surface area contributed by atoms with Crippen LogP contribution < -0.4 is 5.32 Å². The molecular weight excluding hydrogens is 274 g/mol. The van der Waals surface area contributed by atoms with Gasteiger partial charge in [-0.1, -0.05) is 25.7 Å². The predicted molar refractivity (Wildman–Crippen MR) is 88.6 cm³/mol. The van der Waals surface area contributed by atoms with Crippen LogP contribution in [0, 0.1) is 0 Å². The Morgan fingerprint density at radius 2 is 1.82 bits per heavy atom. The Bertz CT molecular complexity index is 444. The molecule has 1 N–H and O–H groups in total. The quantitative estimate of drug-likeness (QED) is 0.877. The molecule has 0 amide bonds. The van der Waals surface area contributed by atoms with Crippen molar-refractivity contribution in [2.45, 2.75) is 76.9 Å². The highest BCUT2D eigenvalue weighted by atomic mass is 15.3. The van der Waals surface area contributed by atoms with Crippen LogP contribution in [0.3, 0.4) is 0 Å². The summed E-state index contributed by atoms with van der Waals surface area (Å²) in [6.45, 7) is 7.66. The number of nitrogens with one attached hydrogen (secondary N) is 1. The molecule has 1 aromatic heterocycles.